The summed E-state index contributed by atoms with van der Waals surface area (Å²) < 4.78 is 7.90. The van der Waals surface area contributed by atoms with Crippen molar-refractivity contribution in [1.82, 2.24) is 14.7 Å². The Balaban J connectivity index is 1.38. The van der Waals surface area contributed by atoms with Crippen LogP contribution in [-0.2, 0) is 6.54 Å². The molecular formula is C24H27N3O2. The average molecular weight is 389 g/mol. The van der Waals surface area contributed by atoms with Crippen LogP contribution in [0.3, 0.4) is 0 Å². The molecular weight excluding hydrogens is 362 g/mol. The predicted octanol–water partition coefficient (Wildman–Crippen LogP) is 4.17. The summed E-state index contributed by atoms with van der Waals surface area (Å²) in [5.74, 6) is 1.40. The van der Waals surface area contributed by atoms with Crippen molar-refractivity contribution in [2.75, 3.05) is 19.7 Å². The second-order valence-electron chi connectivity index (χ2n) is 7.74. The van der Waals surface area contributed by atoms with Crippen molar-refractivity contribution in [3.05, 3.63) is 83.7 Å². The van der Waals surface area contributed by atoms with E-state index in [1.165, 1.54) is 0 Å². The Labute approximate surface area is 171 Å². The number of amides is 1. The maximum atomic E-state index is 13.1. The van der Waals surface area contributed by atoms with Gasteiger partial charge in [-0.15, -0.1) is 0 Å². The first-order valence-electron chi connectivity index (χ1n) is 10.2. The van der Waals surface area contributed by atoms with Gasteiger partial charge in [0.05, 0.1) is 13.2 Å². The van der Waals surface area contributed by atoms with Gasteiger partial charge in [0.2, 0.25) is 0 Å². The molecule has 0 spiro atoms. The van der Waals surface area contributed by atoms with E-state index in [1.807, 2.05) is 64.3 Å². The van der Waals surface area contributed by atoms with E-state index in [9.17, 15) is 4.79 Å². The summed E-state index contributed by atoms with van der Waals surface area (Å²) in [6, 6.07) is 17.9. The number of likely N-dealkylation sites (tertiary alicyclic amines) is 1. The number of ether oxygens (including phenoxy) is 1. The van der Waals surface area contributed by atoms with Gasteiger partial charge < -0.3 is 9.64 Å². The van der Waals surface area contributed by atoms with Crippen LogP contribution in [0.25, 0.3) is 0 Å². The number of hydrogen-bond donors (Lipinski definition) is 0. The Morgan fingerprint density at radius 3 is 2.90 bits per heavy atom. The van der Waals surface area contributed by atoms with Gasteiger partial charge in [0.1, 0.15) is 5.75 Å². The van der Waals surface area contributed by atoms with Gasteiger partial charge in [-0.3, -0.25) is 9.48 Å². The number of carbonyl (C=O) groups excluding carboxylic acids is 1. The van der Waals surface area contributed by atoms with E-state index in [0.717, 1.165) is 48.4 Å². The number of hydrogen-bond acceptors (Lipinski definition) is 3. The SMILES string of the molecule is Cc1ccccc1OC[C@H]1CCCN(C(=O)c2cccc(Cn3cccn3)c2)C1. The molecule has 1 saturated heterocycles. The standard InChI is InChI=1S/C24H27N3O2/c1-19-7-2-3-11-23(19)29-18-21-9-5-13-26(16-21)24(28)22-10-4-8-20(15-22)17-27-14-6-12-25-27/h2-4,6-8,10-12,14-15,21H,5,9,13,16-18H2,1H3/t21-/m0/s1. The van der Waals surface area contributed by atoms with Crippen LogP contribution in [0.15, 0.2) is 67.0 Å². The number of rotatable bonds is 6. The third kappa shape index (κ3) is 4.86. The third-order valence-electron chi connectivity index (χ3n) is 5.45. The van der Waals surface area contributed by atoms with Crippen LogP contribution in [0.4, 0.5) is 0 Å². The Kier molecular flexibility index (Phi) is 5.94. The molecule has 1 fully saturated rings. The largest absolute Gasteiger partial charge is 0.493 e. The minimum Gasteiger partial charge on any atom is -0.493 e. The van der Waals surface area contributed by atoms with Crippen molar-refractivity contribution in [2.45, 2.75) is 26.3 Å². The fourth-order valence-corrected chi connectivity index (χ4v) is 3.88. The van der Waals surface area contributed by atoms with Gasteiger partial charge in [0.25, 0.3) is 5.91 Å². The molecule has 29 heavy (non-hydrogen) atoms. The maximum Gasteiger partial charge on any atom is 0.253 e. The number of aromatic nitrogens is 2. The van der Waals surface area contributed by atoms with E-state index in [2.05, 4.69) is 18.1 Å². The van der Waals surface area contributed by atoms with Crippen LogP contribution >= 0.6 is 0 Å². The number of aryl methyl sites for hydroxylation is 1. The van der Waals surface area contributed by atoms with Crippen LogP contribution in [0.5, 0.6) is 5.75 Å². The molecule has 0 bridgehead atoms. The third-order valence-corrected chi connectivity index (χ3v) is 5.45. The molecule has 0 radical (unpaired) electrons. The molecule has 150 valence electrons. The maximum absolute atomic E-state index is 13.1. The minimum atomic E-state index is 0.105. The lowest BCUT2D eigenvalue weighted by Crippen LogP contribution is -2.41. The highest BCUT2D eigenvalue weighted by atomic mass is 16.5. The average Bonchev–Trinajstić information content (AvgIpc) is 3.26. The molecule has 1 amide bonds. The van der Waals surface area contributed by atoms with Crippen LogP contribution in [0.1, 0.15) is 34.3 Å². The molecule has 1 aliphatic heterocycles. The van der Waals surface area contributed by atoms with Crippen molar-refractivity contribution in [3.8, 4) is 5.75 Å². The predicted molar refractivity (Wildman–Crippen MR) is 113 cm³/mol. The summed E-state index contributed by atoms with van der Waals surface area (Å²) in [4.78, 5) is 15.1. The Hall–Kier alpha value is -3.08. The highest BCUT2D eigenvalue weighted by Gasteiger charge is 2.25. The molecule has 4 rings (SSSR count). The van der Waals surface area contributed by atoms with Gasteiger partial charge in [-0.05, 0) is 55.2 Å². The lowest BCUT2D eigenvalue weighted by Gasteiger charge is -2.33. The van der Waals surface area contributed by atoms with E-state index >= 15 is 0 Å². The monoisotopic (exact) mass is 389 g/mol. The van der Waals surface area contributed by atoms with Crippen molar-refractivity contribution < 1.29 is 9.53 Å². The highest BCUT2D eigenvalue weighted by Crippen LogP contribution is 2.22. The molecule has 3 aromatic rings. The number of nitrogens with zero attached hydrogens (tertiary/aromatic N) is 3. The van der Waals surface area contributed by atoms with Crippen molar-refractivity contribution >= 4 is 5.91 Å². The zero-order valence-corrected chi connectivity index (χ0v) is 16.8. The molecule has 1 aliphatic rings. The Morgan fingerprint density at radius 1 is 1.17 bits per heavy atom. The first-order chi connectivity index (χ1) is 14.2. The minimum absolute atomic E-state index is 0.105. The molecule has 0 aliphatic carbocycles. The molecule has 5 heteroatoms. The van der Waals surface area contributed by atoms with Gasteiger partial charge in [-0.1, -0.05) is 30.3 Å². The molecule has 1 aromatic heterocycles. The number of carbonyl (C=O) groups is 1. The van der Waals surface area contributed by atoms with Crippen molar-refractivity contribution in [1.29, 1.82) is 0 Å². The van der Waals surface area contributed by atoms with Gasteiger partial charge in [-0.25, -0.2) is 0 Å². The molecule has 5 nitrogen and oxygen atoms in total. The van der Waals surface area contributed by atoms with Gasteiger partial charge in [0, 0.05) is 37.0 Å². The molecule has 2 heterocycles. The van der Waals surface area contributed by atoms with E-state index in [4.69, 9.17) is 4.74 Å². The fraction of sp³-hybridized carbons (Fsp3) is 0.333. The van der Waals surface area contributed by atoms with Gasteiger partial charge >= 0.3 is 0 Å². The lowest BCUT2D eigenvalue weighted by atomic mass is 9.98. The quantitative estimate of drug-likeness (QED) is 0.636. The molecule has 0 unspecified atom stereocenters. The molecule has 1 atom stereocenters. The zero-order valence-electron chi connectivity index (χ0n) is 16.8. The first kappa shape index (κ1) is 19.2. The van der Waals surface area contributed by atoms with Crippen molar-refractivity contribution in [3.63, 3.8) is 0 Å². The highest BCUT2D eigenvalue weighted by molar-refractivity contribution is 5.94. The van der Waals surface area contributed by atoms with E-state index in [0.29, 0.717) is 19.1 Å². The summed E-state index contributed by atoms with van der Waals surface area (Å²) in [5.41, 5.74) is 2.97. The number of piperidine rings is 1. The Bertz CT molecular complexity index is 952. The summed E-state index contributed by atoms with van der Waals surface area (Å²) >= 11 is 0. The first-order valence-corrected chi connectivity index (χ1v) is 10.2. The summed E-state index contributed by atoms with van der Waals surface area (Å²) in [7, 11) is 0. The smallest absolute Gasteiger partial charge is 0.253 e. The van der Waals surface area contributed by atoms with Crippen LogP contribution in [0, 0.1) is 12.8 Å². The van der Waals surface area contributed by atoms with Gasteiger partial charge in [0.15, 0.2) is 0 Å². The van der Waals surface area contributed by atoms with E-state index in [1.54, 1.807) is 6.20 Å². The second-order valence-corrected chi connectivity index (χ2v) is 7.74. The molecule has 0 N–H and O–H groups in total. The normalized spacial score (nSPS) is 16.6. The fourth-order valence-electron chi connectivity index (χ4n) is 3.88. The number of benzene rings is 2. The van der Waals surface area contributed by atoms with Crippen LogP contribution in [-0.4, -0.2) is 40.3 Å². The van der Waals surface area contributed by atoms with Crippen LogP contribution < -0.4 is 4.74 Å². The summed E-state index contributed by atoms with van der Waals surface area (Å²) in [6.07, 6.45) is 5.80. The van der Waals surface area contributed by atoms with E-state index in [-0.39, 0.29) is 5.91 Å². The zero-order chi connectivity index (χ0) is 20.1. The lowest BCUT2D eigenvalue weighted by molar-refractivity contribution is 0.0633. The Morgan fingerprint density at radius 2 is 2.07 bits per heavy atom. The number of para-hydroxylation sites is 1. The topological polar surface area (TPSA) is 47.4 Å². The van der Waals surface area contributed by atoms with Crippen LogP contribution in [0.2, 0.25) is 0 Å². The van der Waals surface area contributed by atoms with E-state index < -0.39 is 0 Å². The summed E-state index contributed by atoms with van der Waals surface area (Å²) in [5, 5.41) is 4.24. The summed E-state index contributed by atoms with van der Waals surface area (Å²) in [6.45, 7) is 4.93. The molecule has 0 saturated carbocycles. The second kappa shape index (κ2) is 8.95. The van der Waals surface area contributed by atoms with Gasteiger partial charge in [-0.2, -0.15) is 5.10 Å². The molecule has 2 aromatic carbocycles. The van der Waals surface area contributed by atoms with Crippen molar-refractivity contribution in [2.24, 2.45) is 5.92 Å².